The van der Waals surface area contributed by atoms with Crippen LogP contribution in [0.1, 0.15) is 31.4 Å². The molecule has 0 unspecified atom stereocenters. The Morgan fingerprint density at radius 2 is 2.07 bits per heavy atom. The summed E-state index contributed by atoms with van der Waals surface area (Å²) in [5.74, 6) is 0. The van der Waals surface area contributed by atoms with Crippen LogP contribution in [0.15, 0.2) is 24.3 Å². The SMILES string of the molecule is CC(C)(N)C1=CCCc2c(Cl)cccc21. The molecule has 1 aromatic rings. The normalized spacial score (nSPS) is 15.9. The van der Waals surface area contributed by atoms with E-state index in [-0.39, 0.29) is 5.54 Å². The molecular weight excluding hydrogens is 206 g/mol. The molecule has 0 bridgehead atoms. The third-order valence-corrected chi connectivity index (χ3v) is 3.20. The van der Waals surface area contributed by atoms with Crippen LogP contribution in [-0.4, -0.2) is 5.54 Å². The summed E-state index contributed by atoms with van der Waals surface area (Å²) >= 11 is 6.19. The van der Waals surface area contributed by atoms with E-state index >= 15 is 0 Å². The first-order chi connectivity index (χ1) is 7.00. The Labute approximate surface area is 95.9 Å². The first-order valence-corrected chi connectivity index (χ1v) is 5.65. The van der Waals surface area contributed by atoms with Gasteiger partial charge in [0.2, 0.25) is 0 Å². The summed E-state index contributed by atoms with van der Waals surface area (Å²) in [4.78, 5) is 0. The summed E-state index contributed by atoms with van der Waals surface area (Å²) in [6.45, 7) is 4.07. The minimum Gasteiger partial charge on any atom is -0.322 e. The molecule has 1 nitrogen and oxygen atoms in total. The van der Waals surface area contributed by atoms with Crippen molar-refractivity contribution in [2.45, 2.75) is 32.2 Å². The zero-order chi connectivity index (χ0) is 11.1. The van der Waals surface area contributed by atoms with Crippen LogP contribution >= 0.6 is 11.6 Å². The molecule has 0 fully saturated rings. The molecular formula is C13H16ClN. The van der Waals surface area contributed by atoms with E-state index in [0.29, 0.717) is 0 Å². The quantitative estimate of drug-likeness (QED) is 0.773. The zero-order valence-corrected chi connectivity index (χ0v) is 9.93. The Morgan fingerprint density at radius 1 is 1.33 bits per heavy atom. The number of halogens is 1. The zero-order valence-electron chi connectivity index (χ0n) is 9.18. The number of fused-ring (bicyclic) bond motifs is 1. The fourth-order valence-corrected chi connectivity index (χ4v) is 2.42. The molecule has 0 aromatic heterocycles. The third kappa shape index (κ3) is 1.95. The number of rotatable bonds is 1. The second kappa shape index (κ2) is 3.66. The van der Waals surface area contributed by atoms with Gasteiger partial charge in [0.15, 0.2) is 0 Å². The molecule has 0 aliphatic heterocycles. The largest absolute Gasteiger partial charge is 0.322 e. The van der Waals surface area contributed by atoms with E-state index in [2.05, 4.69) is 12.1 Å². The van der Waals surface area contributed by atoms with Gasteiger partial charge in [0.1, 0.15) is 0 Å². The predicted octanol–water partition coefficient (Wildman–Crippen LogP) is 3.41. The summed E-state index contributed by atoms with van der Waals surface area (Å²) < 4.78 is 0. The van der Waals surface area contributed by atoms with Crippen molar-refractivity contribution in [1.29, 1.82) is 0 Å². The molecule has 1 aliphatic carbocycles. The Hall–Kier alpha value is -0.790. The predicted molar refractivity (Wildman–Crippen MR) is 66.0 cm³/mol. The van der Waals surface area contributed by atoms with E-state index in [0.717, 1.165) is 17.9 Å². The fourth-order valence-electron chi connectivity index (χ4n) is 2.15. The molecule has 1 aromatic carbocycles. The van der Waals surface area contributed by atoms with Gasteiger partial charge in [0.25, 0.3) is 0 Å². The van der Waals surface area contributed by atoms with Crippen molar-refractivity contribution < 1.29 is 0 Å². The molecule has 0 saturated heterocycles. The van der Waals surface area contributed by atoms with Crippen molar-refractivity contribution in [2.75, 3.05) is 0 Å². The molecule has 0 saturated carbocycles. The molecule has 2 heteroatoms. The van der Waals surface area contributed by atoms with Crippen LogP contribution in [-0.2, 0) is 6.42 Å². The number of hydrogen-bond acceptors (Lipinski definition) is 1. The Kier molecular flexibility index (Phi) is 2.61. The maximum Gasteiger partial charge on any atom is 0.0444 e. The highest BCUT2D eigenvalue weighted by molar-refractivity contribution is 6.31. The molecule has 80 valence electrons. The molecule has 0 atom stereocenters. The smallest absolute Gasteiger partial charge is 0.0444 e. The standard InChI is InChI=1S/C13H16ClN/c1-13(2,15)11-7-3-6-10-9(11)5-4-8-12(10)14/h4-5,7-8H,3,6,15H2,1-2H3. The van der Waals surface area contributed by atoms with Crippen LogP contribution in [0, 0.1) is 0 Å². The first-order valence-electron chi connectivity index (χ1n) is 5.27. The van der Waals surface area contributed by atoms with Gasteiger partial charge in [0, 0.05) is 10.6 Å². The average Bonchev–Trinajstić information content (AvgIpc) is 2.16. The van der Waals surface area contributed by atoms with Gasteiger partial charge in [-0.1, -0.05) is 29.8 Å². The van der Waals surface area contributed by atoms with Crippen molar-refractivity contribution in [2.24, 2.45) is 5.73 Å². The van der Waals surface area contributed by atoms with Gasteiger partial charge in [-0.05, 0) is 49.5 Å². The minimum absolute atomic E-state index is 0.292. The lowest BCUT2D eigenvalue weighted by Gasteiger charge is -2.28. The second-order valence-electron chi connectivity index (χ2n) is 4.64. The molecule has 0 radical (unpaired) electrons. The monoisotopic (exact) mass is 221 g/mol. The van der Waals surface area contributed by atoms with Gasteiger partial charge in [-0.3, -0.25) is 0 Å². The molecule has 0 spiro atoms. The maximum atomic E-state index is 6.19. The number of nitrogens with two attached hydrogens (primary N) is 1. The Balaban J connectivity index is 2.57. The highest BCUT2D eigenvalue weighted by Crippen LogP contribution is 2.35. The summed E-state index contributed by atoms with van der Waals surface area (Å²) in [5, 5.41) is 0.863. The number of hydrogen-bond donors (Lipinski definition) is 1. The number of allylic oxidation sites excluding steroid dienone is 1. The van der Waals surface area contributed by atoms with E-state index in [1.165, 1.54) is 16.7 Å². The van der Waals surface area contributed by atoms with Gasteiger partial charge in [0.05, 0.1) is 0 Å². The summed E-state index contributed by atoms with van der Waals surface area (Å²) in [7, 11) is 0. The van der Waals surface area contributed by atoms with Crippen LogP contribution < -0.4 is 5.73 Å². The van der Waals surface area contributed by atoms with Crippen molar-refractivity contribution in [3.8, 4) is 0 Å². The summed E-state index contributed by atoms with van der Waals surface area (Å²) in [6.07, 6.45) is 4.29. The van der Waals surface area contributed by atoms with Gasteiger partial charge < -0.3 is 5.73 Å². The molecule has 2 N–H and O–H groups in total. The maximum absolute atomic E-state index is 6.19. The van der Waals surface area contributed by atoms with Crippen LogP contribution in [0.5, 0.6) is 0 Å². The molecule has 15 heavy (non-hydrogen) atoms. The number of benzene rings is 1. The van der Waals surface area contributed by atoms with E-state index in [1.807, 2.05) is 26.0 Å². The summed E-state index contributed by atoms with van der Waals surface area (Å²) in [5.41, 5.74) is 9.55. The summed E-state index contributed by atoms with van der Waals surface area (Å²) in [6, 6.07) is 6.06. The average molecular weight is 222 g/mol. The Bertz CT molecular complexity index is 413. The van der Waals surface area contributed by atoms with Gasteiger partial charge in [-0.15, -0.1) is 0 Å². The van der Waals surface area contributed by atoms with Gasteiger partial charge in [-0.25, -0.2) is 0 Å². The van der Waals surface area contributed by atoms with Gasteiger partial charge >= 0.3 is 0 Å². The molecule has 1 aliphatic rings. The molecule has 0 amide bonds. The lowest BCUT2D eigenvalue weighted by molar-refractivity contribution is 0.667. The third-order valence-electron chi connectivity index (χ3n) is 2.85. The van der Waals surface area contributed by atoms with Crippen LogP contribution in [0.3, 0.4) is 0 Å². The Morgan fingerprint density at radius 3 is 2.73 bits per heavy atom. The highest BCUT2D eigenvalue weighted by Gasteiger charge is 2.24. The van der Waals surface area contributed by atoms with E-state index in [1.54, 1.807) is 0 Å². The van der Waals surface area contributed by atoms with Crippen molar-refractivity contribution in [1.82, 2.24) is 0 Å². The van der Waals surface area contributed by atoms with Crippen LogP contribution in [0.25, 0.3) is 5.57 Å². The van der Waals surface area contributed by atoms with Crippen molar-refractivity contribution in [3.05, 3.63) is 40.4 Å². The van der Waals surface area contributed by atoms with Crippen molar-refractivity contribution >= 4 is 17.2 Å². The first kappa shape index (κ1) is 10.7. The lowest BCUT2D eigenvalue weighted by atomic mass is 9.81. The fraction of sp³-hybridized carbons (Fsp3) is 0.385. The van der Waals surface area contributed by atoms with Gasteiger partial charge in [-0.2, -0.15) is 0 Å². The van der Waals surface area contributed by atoms with E-state index in [4.69, 9.17) is 17.3 Å². The molecule has 0 heterocycles. The topological polar surface area (TPSA) is 26.0 Å². The van der Waals surface area contributed by atoms with Crippen molar-refractivity contribution in [3.63, 3.8) is 0 Å². The second-order valence-corrected chi connectivity index (χ2v) is 5.05. The lowest BCUT2D eigenvalue weighted by Crippen LogP contribution is -2.34. The highest BCUT2D eigenvalue weighted by atomic mass is 35.5. The van der Waals surface area contributed by atoms with E-state index < -0.39 is 0 Å². The van der Waals surface area contributed by atoms with Crippen LogP contribution in [0.4, 0.5) is 0 Å². The molecule has 2 rings (SSSR count). The van der Waals surface area contributed by atoms with E-state index in [9.17, 15) is 0 Å². The van der Waals surface area contributed by atoms with Crippen LogP contribution in [0.2, 0.25) is 5.02 Å². The minimum atomic E-state index is -0.292.